The highest BCUT2D eigenvalue weighted by Gasteiger charge is 2.59. The van der Waals surface area contributed by atoms with Crippen LogP contribution in [0.1, 0.15) is 58.8 Å². The van der Waals surface area contributed by atoms with Crippen LogP contribution in [0.15, 0.2) is 23.4 Å². The SMILES string of the molecule is C[C@]12CCC(O)CC1=CC[C@@H]1[C@@H]2CC[C@]2(C)C(=O)C(=CN3CCOCC3)C[C@@H]12. The first-order chi connectivity index (χ1) is 13.4. The number of nitrogens with zero attached hydrogens (tertiary/aromatic N) is 1. The summed E-state index contributed by atoms with van der Waals surface area (Å²) in [6.45, 7) is 8.03. The average molecular weight is 386 g/mol. The number of ketones is 1. The molecule has 5 rings (SSSR count). The molecule has 4 heteroatoms. The van der Waals surface area contributed by atoms with Gasteiger partial charge in [-0.2, -0.15) is 0 Å². The minimum Gasteiger partial charge on any atom is -0.393 e. The lowest BCUT2D eigenvalue weighted by Gasteiger charge is -2.56. The maximum absolute atomic E-state index is 13.4. The van der Waals surface area contributed by atoms with Gasteiger partial charge in [0, 0.05) is 30.3 Å². The maximum atomic E-state index is 13.4. The Bertz CT molecular complexity index is 721. The van der Waals surface area contributed by atoms with Crippen LogP contribution in [0.4, 0.5) is 0 Å². The molecule has 1 saturated heterocycles. The highest BCUT2D eigenvalue weighted by Crippen LogP contribution is 2.64. The van der Waals surface area contributed by atoms with E-state index in [2.05, 4.69) is 31.0 Å². The van der Waals surface area contributed by atoms with E-state index in [9.17, 15) is 9.90 Å². The lowest BCUT2D eigenvalue weighted by molar-refractivity contribution is -0.130. The third-order valence-electron chi connectivity index (χ3n) is 9.10. The number of ether oxygens (including phenoxy) is 1. The molecule has 0 radical (unpaired) electrons. The molecule has 0 spiro atoms. The summed E-state index contributed by atoms with van der Waals surface area (Å²) in [5.41, 5.74) is 2.64. The summed E-state index contributed by atoms with van der Waals surface area (Å²) < 4.78 is 5.46. The van der Waals surface area contributed by atoms with Crippen LogP contribution in [0.25, 0.3) is 0 Å². The molecular weight excluding hydrogens is 350 g/mol. The van der Waals surface area contributed by atoms with Gasteiger partial charge in [-0.1, -0.05) is 25.5 Å². The lowest BCUT2D eigenvalue weighted by Crippen LogP contribution is -2.50. The van der Waals surface area contributed by atoms with Gasteiger partial charge in [0.15, 0.2) is 5.78 Å². The Morgan fingerprint density at radius 3 is 2.64 bits per heavy atom. The Morgan fingerprint density at radius 1 is 1.11 bits per heavy atom. The molecule has 1 aliphatic heterocycles. The fourth-order valence-electron chi connectivity index (χ4n) is 7.36. The first-order valence-corrected chi connectivity index (χ1v) is 11.4. The quantitative estimate of drug-likeness (QED) is 0.552. The number of Topliss-reactive ketones (excluding diaryl/α,β-unsaturated/α-hetero) is 1. The van der Waals surface area contributed by atoms with E-state index in [1.54, 1.807) is 0 Å². The molecule has 4 fully saturated rings. The number of aliphatic hydroxyl groups excluding tert-OH is 1. The van der Waals surface area contributed by atoms with Crippen molar-refractivity contribution in [2.24, 2.45) is 28.6 Å². The molecule has 154 valence electrons. The van der Waals surface area contributed by atoms with Gasteiger partial charge in [0.05, 0.1) is 19.3 Å². The molecule has 0 aromatic rings. The van der Waals surface area contributed by atoms with Crippen LogP contribution in [0, 0.1) is 28.6 Å². The minimum absolute atomic E-state index is 0.152. The van der Waals surface area contributed by atoms with Crippen molar-refractivity contribution in [1.29, 1.82) is 0 Å². The fourth-order valence-corrected chi connectivity index (χ4v) is 7.36. The van der Waals surface area contributed by atoms with E-state index in [0.717, 1.165) is 76.8 Å². The summed E-state index contributed by atoms with van der Waals surface area (Å²) >= 11 is 0. The Hall–Kier alpha value is -1.13. The Kier molecular flexibility index (Phi) is 4.52. The van der Waals surface area contributed by atoms with Crippen LogP contribution in [0.3, 0.4) is 0 Å². The zero-order valence-electron chi connectivity index (χ0n) is 17.5. The first-order valence-electron chi connectivity index (χ1n) is 11.4. The smallest absolute Gasteiger partial charge is 0.166 e. The maximum Gasteiger partial charge on any atom is 0.166 e. The van der Waals surface area contributed by atoms with Crippen LogP contribution < -0.4 is 0 Å². The van der Waals surface area contributed by atoms with Crippen molar-refractivity contribution in [3.05, 3.63) is 23.4 Å². The average Bonchev–Trinajstić information content (AvgIpc) is 2.94. The van der Waals surface area contributed by atoms with E-state index in [1.165, 1.54) is 5.57 Å². The van der Waals surface area contributed by atoms with Gasteiger partial charge in [-0.05, 0) is 68.1 Å². The van der Waals surface area contributed by atoms with E-state index in [-0.39, 0.29) is 16.9 Å². The normalized spacial score (nSPS) is 47.4. The summed E-state index contributed by atoms with van der Waals surface area (Å²) in [6.07, 6.45) is 11.6. The fraction of sp³-hybridized carbons (Fsp3) is 0.792. The van der Waals surface area contributed by atoms with Crippen LogP contribution >= 0.6 is 0 Å². The number of carbonyl (C=O) groups excluding carboxylic acids is 1. The monoisotopic (exact) mass is 385 g/mol. The van der Waals surface area contributed by atoms with Crippen LogP contribution in [-0.2, 0) is 9.53 Å². The third-order valence-corrected chi connectivity index (χ3v) is 9.10. The number of carbonyl (C=O) groups is 1. The molecule has 0 aromatic heterocycles. The second-order valence-corrected chi connectivity index (χ2v) is 10.4. The standard InChI is InChI=1S/C24H35NO3/c1-23-7-5-18(26)14-17(23)3-4-19-20(23)6-8-24(2)21(19)13-16(22(24)27)15-25-9-11-28-12-10-25/h3,15,18-21,26H,4-14H2,1-2H3/t18?,19-,20+,21+,23+,24+/m1/s1. The number of aliphatic hydroxyl groups is 1. The lowest BCUT2D eigenvalue weighted by atomic mass is 9.48. The summed E-state index contributed by atoms with van der Waals surface area (Å²) in [6, 6.07) is 0. The first kappa shape index (κ1) is 18.9. The summed E-state index contributed by atoms with van der Waals surface area (Å²) in [7, 11) is 0. The van der Waals surface area contributed by atoms with Crippen LogP contribution in [0.5, 0.6) is 0 Å². The molecule has 5 aliphatic rings. The molecule has 1 heterocycles. The van der Waals surface area contributed by atoms with E-state index in [0.29, 0.717) is 23.5 Å². The van der Waals surface area contributed by atoms with Gasteiger partial charge < -0.3 is 14.7 Å². The van der Waals surface area contributed by atoms with Gasteiger partial charge >= 0.3 is 0 Å². The van der Waals surface area contributed by atoms with Gasteiger partial charge in [-0.15, -0.1) is 0 Å². The zero-order chi connectivity index (χ0) is 19.5. The summed E-state index contributed by atoms with van der Waals surface area (Å²) in [5.74, 6) is 2.19. The summed E-state index contributed by atoms with van der Waals surface area (Å²) in [5, 5.41) is 10.2. The third kappa shape index (κ3) is 2.74. The molecule has 28 heavy (non-hydrogen) atoms. The van der Waals surface area contributed by atoms with Crippen LogP contribution in [-0.4, -0.2) is 48.2 Å². The molecule has 1 N–H and O–H groups in total. The Labute approximate surface area is 169 Å². The van der Waals surface area contributed by atoms with E-state index in [1.807, 2.05) is 0 Å². The largest absolute Gasteiger partial charge is 0.393 e. The predicted octanol–water partition coefficient (Wildman–Crippen LogP) is 3.71. The van der Waals surface area contributed by atoms with Crippen molar-refractivity contribution < 1.29 is 14.6 Å². The van der Waals surface area contributed by atoms with E-state index in [4.69, 9.17) is 4.74 Å². The van der Waals surface area contributed by atoms with Gasteiger partial charge in [-0.25, -0.2) is 0 Å². The van der Waals surface area contributed by atoms with Crippen LogP contribution in [0.2, 0.25) is 0 Å². The Morgan fingerprint density at radius 2 is 1.86 bits per heavy atom. The Balaban J connectivity index is 1.43. The second-order valence-electron chi connectivity index (χ2n) is 10.4. The van der Waals surface area contributed by atoms with Gasteiger partial charge in [0.1, 0.15) is 0 Å². The molecule has 0 aromatic carbocycles. The predicted molar refractivity (Wildman–Crippen MR) is 109 cm³/mol. The van der Waals surface area contributed by atoms with Crippen molar-refractivity contribution in [3.8, 4) is 0 Å². The number of hydrogen-bond donors (Lipinski definition) is 1. The van der Waals surface area contributed by atoms with Crippen molar-refractivity contribution in [2.45, 2.75) is 64.9 Å². The molecule has 0 amide bonds. The molecular formula is C24H35NO3. The highest BCUT2D eigenvalue weighted by atomic mass is 16.5. The van der Waals surface area contributed by atoms with Gasteiger partial charge in [-0.3, -0.25) is 4.79 Å². The topological polar surface area (TPSA) is 49.8 Å². The molecule has 3 saturated carbocycles. The number of rotatable bonds is 1. The van der Waals surface area contributed by atoms with Gasteiger partial charge in [0.25, 0.3) is 0 Å². The molecule has 6 atom stereocenters. The number of allylic oxidation sites excluding steroid dienone is 2. The van der Waals surface area contributed by atoms with Crippen molar-refractivity contribution in [2.75, 3.05) is 26.3 Å². The molecule has 4 nitrogen and oxygen atoms in total. The molecule has 0 bridgehead atoms. The highest BCUT2D eigenvalue weighted by molar-refractivity contribution is 6.02. The number of hydrogen-bond acceptors (Lipinski definition) is 4. The molecule has 1 unspecified atom stereocenters. The van der Waals surface area contributed by atoms with Gasteiger partial charge in [0.2, 0.25) is 0 Å². The van der Waals surface area contributed by atoms with Crippen molar-refractivity contribution >= 4 is 5.78 Å². The van der Waals surface area contributed by atoms with E-state index < -0.39 is 0 Å². The number of morpholine rings is 1. The second kappa shape index (κ2) is 6.70. The number of fused-ring (bicyclic) bond motifs is 5. The van der Waals surface area contributed by atoms with E-state index >= 15 is 0 Å². The van der Waals surface area contributed by atoms with Crippen molar-refractivity contribution in [3.63, 3.8) is 0 Å². The summed E-state index contributed by atoms with van der Waals surface area (Å²) in [4.78, 5) is 15.7. The zero-order valence-corrected chi connectivity index (χ0v) is 17.5. The molecule has 4 aliphatic carbocycles. The minimum atomic E-state index is -0.171. The van der Waals surface area contributed by atoms with Crippen molar-refractivity contribution in [1.82, 2.24) is 4.90 Å².